The van der Waals surface area contributed by atoms with Crippen molar-refractivity contribution in [3.05, 3.63) is 139 Å². The monoisotopic (exact) mass is 760 g/mol. The van der Waals surface area contributed by atoms with Gasteiger partial charge in [0.25, 0.3) is 0 Å². The molecule has 2 aliphatic carbocycles. The van der Waals surface area contributed by atoms with Gasteiger partial charge in [-0.15, -0.1) is 0 Å². The first kappa shape index (κ1) is 35.8. The molecule has 6 atom stereocenters. The van der Waals surface area contributed by atoms with E-state index in [1.807, 2.05) is 91.0 Å². The van der Waals surface area contributed by atoms with Crippen LogP contribution in [-0.2, 0) is 19.2 Å². The van der Waals surface area contributed by atoms with Crippen molar-refractivity contribution in [1.82, 2.24) is 0 Å². The van der Waals surface area contributed by atoms with Gasteiger partial charge in [-0.1, -0.05) is 48.0 Å². The number of anilines is 6. The Bertz CT molecular complexity index is 2420. The van der Waals surface area contributed by atoms with E-state index in [2.05, 4.69) is 10.6 Å². The van der Waals surface area contributed by atoms with Crippen molar-refractivity contribution in [3.8, 4) is 17.2 Å². The number of hydrogen-bond acceptors (Lipinski definition) is 9. The van der Waals surface area contributed by atoms with Crippen molar-refractivity contribution in [1.29, 1.82) is 0 Å². The standard InChI is InChI=1S/C46H40N4O7/c1-56-32-23-37(51)42(38(24-32)57-2)40-33-21-22-34-39(45(54)49(43(34)52)30-17-13-28(14-18-30)47-26-9-5-3-6-10-26)35(33)25-36-41(40)46(55)50(44(36)53)31-19-15-29(16-20-31)48-27-11-7-4-8-12-27/h3-21,23-24,34-36,39-41,47-48,51H,22,25H2,1-2H3. The minimum atomic E-state index is -0.903. The number of fused-ring (bicyclic) bond motifs is 4. The van der Waals surface area contributed by atoms with Gasteiger partial charge in [0.05, 0.1) is 49.3 Å². The summed E-state index contributed by atoms with van der Waals surface area (Å²) in [5, 5.41) is 18.3. The summed E-state index contributed by atoms with van der Waals surface area (Å²) in [5.74, 6) is -5.49. The lowest BCUT2D eigenvalue weighted by molar-refractivity contribution is -0.126. The minimum Gasteiger partial charge on any atom is -0.507 e. The fourth-order valence-corrected chi connectivity index (χ4v) is 9.37. The van der Waals surface area contributed by atoms with E-state index in [0.29, 0.717) is 22.7 Å². The number of para-hydroxylation sites is 2. The van der Waals surface area contributed by atoms with Gasteiger partial charge in [0, 0.05) is 46.4 Å². The van der Waals surface area contributed by atoms with E-state index >= 15 is 0 Å². The van der Waals surface area contributed by atoms with Gasteiger partial charge in [0.2, 0.25) is 23.6 Å². The number of nitrogens with one attached hydrogen (secondary N) is 2. The van der Waals surface area contributed by atoms with Crippen LogP contribution in [0.15, 0.2) is 133 Å². The highest BCUT2D eigenvalue weighted by atomic mass is 16.5. The molecule has 2 aliphatic heterocycles. The lowest BCUT2D eigenvalue weighted by Gasteiger charge is -2.44. The molecule has 2 saturated heterocycles. The first-order chi connectivity index (χ1) is 27.7. The van der Waals surface area contributed by atoms with E-state index in [9.17, 15) is 24.3 Å². The molecule has 0 bridgehead atoms. The number of imide groups is 2. The summed E-state index contributed by atoms with van der Waals surface area (Å²) >= 11 is 0. The molecule has 4 aliphatic rings. The molecule has 5 aromatic rings. The molecule has 11 nitrogen and oxygen atoms in total. The van der Waals surface area contributed by atoms with E-state index in [-0.39, 0.29) is 42.1 Å². The lowest BCUT2D eigenvalue weighted by atomic mass is 9.57. The van der Waals surface area contributed by atoms with Crippen LogP contribution >= 0.6 is 0 Å². The second kappa shape index (κ2) is 14.3. The lowest BCUT2D eigenvalue weighted by Crippen LogP contribution is -2.43. The van der Waals surface area contributed by atoms with Gasteiger partial charge < -0.3 is 25.2 Å². The summed E-state index contributed by atoms with van der Waals surface area (Å²) in [5.41, 5.74) is 5.34. The number of hydrogen-bond donors (Lipinski definition) is 3. The fourth-order valence-electron chi connectivity index (χ4n) is 9.37. The van der Waals surface area contributed by atoms with Crippen molar-refractivity contribution < 1.29 is 33.8 Å². The Morgan fingerprint density at radius 1 is 0.579 bits per heavy atom. The number of phenolic OH excluding ortho intramolecular Hbond substituents is 1. The van der Waals surface area contributed by atoms with Crippen LogP contribution in [-0.4, -0.2) is 43.0 Å². The Hall–Kier alpha value is -6.88. The maximum atomic E-state index is 14.7. The first-order valence-electron chi connectivity index (χ1n) is 19.0. The van der Waals surface area contributed by atoms with Gasteiger partial charge >= 0.3 is 0 Å². The summed E-state index contributed by atoms with van der Waals surface area (Å²) in [6, 6.07) is 36.7. The summed E-state index contributed by atoms with van der Waals surface area (Å²) < 4.78 is 11.2. The van der Waals surface area contributed by atoms with E-state index < -0.39 is 41.4 Å². The van der Waals surface area contributed by atoms with Crippen LogP contribution in [0.5, 0.6) is 17.2 Å². The van der Waals surface area contributed by atoms with Gasteiger partial charge in [-0.25, -0.2) is 0 Å². The minimum absolute atomic E-state index is 0.159. The molecule has 0 spiro atoms. The van der Waals surface area contributed by atoms with E-state index in [4.69, 9.17) is 9.47 Å². The number of benzene rings is 5. The molecular weight excluding hydrogens is 721 g/mol. The molecule has 6 unspecified atom stereocenters. The van der Waals surface area contributed by atoms with Gasteiger partial charge in [-0.3, -0.25) is 29.0 Å². The fraction of sp³-hybridized carbons (Fsp3) is 0.217. The Balaban J connectivity index is 1.07. The number of methoxy groups -OCH3 is 2. The number of ether oxygens (including phenoxy) is 2. The zero-order valence-corrected chi connectivity index (χ0v) is 31.3. The van der Waals surface area contributed by atoms with Crippen LogP contribution < -0.4 is 29.9 Å². The molecule has 1 saturated carbocycles. The average Bonchev–Trinajstić information content (AvgIpc) is 3.64. The molecule has 0 aromatic heterocycles. The van der Waals surface area contributed by atoms with Crippen molar-refractivity contribution in [3.63, 3.8) is 0 Å². The van der Waals surface area contributed by atoms with Gasteiger partial charge in [-0.05, 0) is 91.6 Å². The summed E-state index contributed by atoms with van der Waals surface area (Å²) in [6.45, 7) is 0. The second-order valence-corrected chi connectivity index (χ2v) is 14.9. The maximum Gasteiger partial charge on any atom is 0.238 e. The van der Waals surface area contributed by atoms with E-state index in [1.165, 1.54) is 30.1 Å². The normalized spacial score (nSPS) is 23.7. The molecular formula is C46H40N4O7. The highest BCUT2D eigenvalue weighted by Crippen LogP contribution is 2.61. The SMILES string of the molecule is COc1cc(O)c(C2C3=CCC4C(=O)N(c5ccc(Nc6ccccc6)cc5)C(=O)C4C3CC3C(=O)N(c4ccc(Nc5ccccc5)cc4)C(=O)C32)c(OC)c1. The number of rotatable bonds is 9. The van der Waals surface area contributed by atoms with Crippen LogP contribution in [0, 0.1) is 29.6 Å². The topological polar surface area (TPSA) is 138 Å². The molecule has 4 amide bonds. The van der Waals surface area contributed by atoms with Crippen LogP contribution in [0.1, 0.15) is 24.3 Å². The Morgan fingerprint density at radius 2 is 1.09 bits per heavy atom. The van der Waals surface area contributed by atoms with E-state index in [1.54, 1.807) is 30.3 Å². The molecule has 3 N–H and O–H groups in total. The van der Waals surface area contributed by atoms with E-state index in [0.717, 1.165) is 28.3 Å². The Labute approximate surface area is 329 Å². The van der Waals surface area contributed by atoms with Crippen molar-refractivity contribution in [2.24, 2.45) is 29.6 Å². The highest BCUT2D eigenvalue weighted by molar-refractivity contribution is 6.24. The first-order valence-corrected chi connectivity index (χ1v) is 19.0. The quantitative estimate of drug-likeness (QED) is 0.101. The number of carbonyl (C=O) groups is 4. The average molecular weight is 761 g/mol. The smallest absolute Gasteiger partial charge is 0.238 e. The van der Waals surface area contributed by atoms with Crippen molar-refractivity contribution in [2.75, 3.05) is 34.7 Å². The third-order valence-electron chi connectivity index (χ3n) is 11.9. The molecule has 57 heavy (non-hydrogen) atoms. The third-order valence-corrected chi connectivity index (χ3v) is 11.9. The molecule has 2 heterocycles. The second-order valence-electron chi connectivity index (χ2n) is 14.9. The number of amides is 4. The third kappa shape index (κ3) is 6.06. The Morgan fingerprint density at radius 3 is 1.61 bits per heavy atom. The van der Waals surface area contributed by atoms with Gasteiger partial charge in [-0.2, -0.15) is 0 Å². The zero-order valence-electron chi connectivity index (χ0n) is 31.3. The van der Waals surface area contributed by atoms with Crippen LogP contribution in [0.2, 0.25) is 0 Å². The molecule has 9 rings (SSSR count). The van der Waals surface area contributed by atoms with Crippen LogP contribution in [0.3, 0.4) is 0 Å². The number of phenols is 1. The Kier molecular flexibility index (Phi) is 8.99. The largest absolute Gasteiger partial charge is 0.507 e. The van der Waals surface area contributed by atoms with Crippen LogP contribution in [0.4, 0.5) is 34.1 Å². The molecule has 5 aromatic carbocycles. The summed E-state index contributed by atoms with van der Waals surface area (Å²) in [6.07, 6.45) is 2.40. The number of allylic oxidation sites excluding steroid dienone is 2. The predicted octanol–water partition coefficient (Wildman–Crippen LogP) is 7.94. The predicted molar refractivity (Wildman–Crippen MR) is 216 cm³/mol. The number of aromatic hydroxyl groups is 1. The van der Waals surface area contributed by atoms with Gasteiger partial charge in [0.1, 0.15) is 17.2 Å². The summed E-state index contributed by atoms with van der Waals surface area (Å²) in [4.78, 5) is 60.6. The molecule has 286 valence electrons. The molecule has 3 fully saturated rings. The number of carbonyl (C=O) groups excluding carboxylic acids is 4. The maximum absolute atomic E-state index is 14.7. The van der Waals surface area contributed by atoms with Crippen LogP contribution in [0.25, 0.3) is 0 Å². The van der Waals surface area contributed by atoms with Crippen molar-refractivity contribution >= 4 is 57.8 Å². The highest BCUT2D eigenvalue weighted by Gasteiger charge is 2.63. The zero-order chi connectivity index (χ0) is 39.4. The number of nitrogens with zero attached hydrogens (tertiary/aromatic N) is 2. The molecule has 11 heteroatoms. The summed E-state index contributed by atoms with van der Waals surface area (Å²) in [7, 11) is 2.95. The van der Waals surface area contributed by atoms with Gasteiger partial charge in [0.15, 0.2) is 0 Å². The van der Waals surface area contributed by atoms with Crippen molar-refractivity contribution in [2.45, 2.75) is 18.8 Å². The molecule has 0 radical (unpaired) electrons.